The summed E-state index contributed by atoms with van der Waals surface area (Å²) in [6, 6.07) is 14.5. The molecule has 0 saturated heterocycles. The zero-order valence-electron chi connectivity index (χ0n) is 10.9. The number of nitrogens with one attached hydrogen (secondary N) is 1. The molecule has 2 aromatic carbocycles. The lowest BCUT2D eigenvalue weighted by Crippen LogP contribution is -2.27. The summed E-state index contributed by atoms with van der Waals surface area (Å²) >= 11 is 0. The maximum Gasteiger partial charge on any atom is 0.254 e. The molecule has 2 rings (SSSR count). The van der Waals surface area contributed by atoms with E-state index in [1.807, 2.05) is 6.07 Å². The molecule has 3 nitrogen and oxygen atoms in total. The largest absolute Gasteiger partial charge is 0.345 e. The molecule has 4 heteroatoms. The number of hydrogen-bond acceptors (Lipinski definition) is 2. The lowest BCUT2D eigenvalue weighted by Gasteiger charge is -2.14. The van der Waals surface area contributed by atoms with Crippen molar-refractivity contribution in [2.45, 2.75) is 13.0 Å². The highest BCUT2D eigenvalue weighted by Crippen LogP contribution is 2.15. The van der Waals surface area contributed by atoms with Crippen LogP contribution >= 0.6 is 0 Å². The molecule has 0 radical (unpaired) electrons. The van der Waals surface area contributed by atoms with E-state index >= 15 is 0 Å². The molecule has 0 aromatic heterocycles. The van der Waals surface area contributed by atoms with E-state index in [2.05, 4.69) is 5.32 Å². The predicted molar refractivity (Wildman–Crippen MR) is 73.4 cm³/mol. The van der Waals surface area contributed by atoms with Crippen molar-refractivity contribution in [1.29, 1.82) is 5.26 Å². The molecule has 1 unspecified atom stereocenters. The summed E-state index contributed by atoms with van der Waals surface area (Å²) in [5.74, 6) is -1.00. The number of halogens is 1. The third-order valence-electron chi connectivity index (χ3n) is 3.01. The second-order valence-corrected chi connectivity index (χ2v) is 4.41. The van der Waals surface area contributed by atoms with E-state index in [4.69, 9.17) is 5.26 Å². The van der Waals surface area contributed by atoms with Crippen LogP contribution < -0.4 is 5.32 Å². The Hall–Kier alpha value is -2.67. The summed E-state index contributed by atoms with van der Waals surface area (Å²) < 4.78 is 13.5. The van der Waals surface area contributed by atoms with Crippen LogP contribution in [0.25, 0.3) is 0 Å². The lowest BCUT2D eigenvalue weighted by atomic mass is 10.1. The third-order valence-corrected chi connectivity index (χ3v) is 3.01. The van der Waals surface area contributed by atoms with Gasteiger partial charge in [0.1, 0.15) is 5.82 Å². The van der Waals surface area contributed by atoms with Crippen molar-refractivity contribution >= 4 is 5.91 Å². The molecule has 1 atom stereocenters. The van der Waals surface area contributed by atoms with Crippen molar-refractivity contribution in [1.82, 2.24) is 5.32 Å². The zero-order chi connectivity index (χ0) is 14.5. The highest BCUT2D eigenvalue weighted by molar-refractivity contribution is 5.94. The van der Waals surface area contributed by atoms with Crippen LogP contribution in [0.1, 0.15) is 34.5 Å². The summed E-state index contributed by atoms with van der Waals surface area (Å²) in [6.45, 7) is 1.81. The van der Waals surface area contributed by atoms with E-state index in [1.165, 1.54) is 18.2 Å². The Morgan fingerprint density at radius 1 is 1.20 bits per heavy atom. The fourth-order valence-electron chi connectivity index (χ4n) is 1.85. The molecule has 20 heavy (non-hydrogen) atoms. The van der Waals surface area contributed by atoms with Crippen molar-refractivity contribution in [3.05, 3.63) is 71.0 Å². The monoisotopic (exact) mass is 268 g/mol. The molecule has 0 aliphatic heterocycles. The number of nitrogens with zero attached hydrogens (tertiary/aromatic N) is 1. The van der Waals surface area contributed by atoms with E-state index in [0.717, 1.165) is 5.56 Å². The maximum absolute atomic E-state index is 13.5. The summed E-state index contributed by atoms with van der Waals surface area (Å²) in [6.07, 6.45) is 0. The van der Waals surface area contributed by atoms with Gasteiger partial charge < -0.3 is 5.32 Å². The Kier molecular flexibility index (Phi) is 4.11. The first-order chi connectivity index (χ1) is 9.61. The zero-order valence-corrected chi connectivity index (χ0v) is 10.9. The summed E-state index contributed by atoms with van der Waals surface area (Å²) in [5.41, 5.74) is 1.43. The molecule has 0 aliphatic carbocycles. The molecule has 100 valence electrons. The van der Waals surface area contributed by atoms with Gasteiger partial charge in [0, 0.05) is 0 Å². The molecule has 0 spiro atoms. The molecular weight excluding hydrogens is 255 g/mol. The number of rotatable bonds is 3. The van der Waals surface area contributed by atoms with Crippen molar-refractivity contribution in [3.8, 4) is 6.07 Å². The number of hydrogen-bond donors (Lipinski definition) is 1. The number of benzene rings is 2. The van der Waals surface area contributed by atoms with Crippen LogP contribution in [0.3, 0.4) is 0 Å². The van der Waals surface area contributed by atoms with E-state index in [0.29, 0.717) is 5.56 Å². The first kappa shape index (κ1) is 13.8. The van der Waals surface area contributed by atoms with E-state index in [-0.39, 0.29) is 11.6 Å². The van der Waals surface area contributed by atoms with E-state index < -0.39 is 11.7 Å². The Morgan fingerprint density at radius 2 is 1.85 bits per heavy atom. The highest BCUT2D eigenvalue weighted by Gasteiger charge is 2.14. The van der Waals surface area contributed by atoms with Gasteiger partial charge in [-0.15, -0.1) is 0 Å². The standard InChI is InChI=1S/C16H13FN2O/c1-11(13-8-6-12(10-18)7-9-13)19-16(20)14-4-2-3-5-15(14)17/h2-9,11H,1H3,(H,19,20). The smallest absolute Gasteiger partial charge is 0.254 e. The van der Waals surface area contributed by atoms with Crippen LogP contribution in [0.5, 0.6) is 0 Å². The number of nitriles is 1. The van der Waals surface area contributed by atoms with Crippen molar-refractivity contribution in [2.24, 2.45) is 0 Å². The Bertz CT molecular complexity index is 659. The summed E-state index contributed by atoms with van der Waals surface area (Å²) in [7, 11) is 0. The fourth-order valence-corrected chi connectivity index (χ4v) is 1.85. The molecule has 0 fully saturated rings. The Morgan fingerprint density at radius 3 is 2.45 bits per heavy atom. The molecule has 1 amide bonds. The average Bonchev–Trinajstić information content (AvgIpc) is 2.47. The van der Waals surface area contributed by atoms with Crippen molar-refractivity contribution in [3.63, 3.8) is 0 Å². The highest BCUT2D eigenvalue weighted by atomic mass is 19.1. The summed E-state index contributed by atoms with van der Waals surface area (Å²) in [5, 5.41) is 11.5. The van der Waals surface area contributed by atoms with E-state index in [9.17, 15) is 9.18 Å². The summed E-state index contributed by atoms with van der Waals surface area (Å²) in [4.78, 5) is 12.0. The second-order valence-electron chi connectivity index (χ2n) is 4.41. The first-order valence-electron chi connectivity index (χ1n) is 6.17. The maximum atomic E-state index is 13.5. The van der Waals surface area contributed by atoms with E-state index in [1.54, 1.807) is 37.3 Å². The van der Waals surface area contributed by atoms with Crippen molar-refractivity contribution in [2.75, 3.05) is 0 Å². The van der Waals surface area contributed by atoms with Crippen LogP contribution in [-0.2, 0) is 0 Å². The second kappa shape index (κ2) is 5.98. The van der Waals surface area contributed by atoms with Crippen LogP contribution in [0.15, 0.2) is 48.5 Å². The normalized spacial score (nSPS) is 11.4. The minimum absolute atomic E-state index is 0.0213. The van der Waals surface area contributed by atoms with Crippen molar-refractivity contribution < 1.29 is 9.18 Å². The predicted octanol–water partition coefficient (Wildman–Crippen LogP) is 3.19. The SMILES string of the molecule is CC(NC(=O)c1ccccc1F)c1ccc(C#N)cc1. The van der Waals surface area contributed by atoms with Crippen LogP contribution in [0.2, 0.25) is 0 Å². The average molecular weight is 268 g/mol. The minimum atomic E-state index is -0.544. The molecule has 0 heterocycles. The molecular formula is C16H13FN2O. The Labute approximate surface area is 116 Å². The van der Waals surface area contributed by atoms with Gasteiger partial charge in [-0.25, -0.2) is 4.39 Å². The van der Waals surface area contributed by atoms with Gasteiger partial charge in [0.15, 0.2) is 0 Å². The van der Waals surface area contributed by atoms with Gasteiger partial charge in [0.05, 0.1) is 23.2 Å². The van der Waals surface area contributed by atoms with Gasteiger partial charge in [-0.1, -0.05) is 24.3 Å². The minimum Gasteiger partial charge on any atom is -0.345 e. The first-order valence-corrected chi connectivity index (χ1v) is 6.17. The van der Waals surface area contributed by atoms with Gasteiger partial charge in [0.2, 0.25) is 0 Å². The number of carbonyl (C=O) groups excluding carboxylic acids is 1. The Balaban J connectivity index is 2.11. The molecule has 0 bridgehead atoms. The van der Waals surface area contributed by atoms with Crippen LogP contribution in [0, 0.1) is 17.1 Å². The van der Waals surface area contributed by atoms with Crippen LogP contribution in [0.4, 0.5) is 4.39 Å². The molecule has 2 aromatic rings. The fraction of sp³-hybridized carbons (Fsp3) is 0.125. The molecule has 1 N–H and O–H groups in total. The van der Waals surface area contributed by atoms with Crippen LogP contribution in [-0.4, -0.2) is 5.91 Å². The van der Waals surface area contributed by atoms with Gasteiger partial charge in [0.25, 0.3) is 5.91 Å². The quantitative estimate of drug-likeness (QED) is 0.929. The lowest BCUT2D eigenvalue weighted by molar-refractivity contribution is 0.0936. The van der Waals surface area contributed by atoms with Gasteiger partial charge in [-0.05, 0) is 36.8 Å². The van der Waals surface area contributed by atoms with Gasteiger partial charge in [-0.2, -0.15) is 5.26 Å². The number of amides is 1. The van der Waals surface area contributed by atoms with Gasteiger partial charge in [-0.3, -0.25) is 4.79 Å². The topological polar surface area (TPSA) is 52.9 Å². The number of carbonyl (C=O) groups is 1. The molecule has 0 saturated carbocycles. The molecule has 0 aliphatic rings. The van der Waals surface area contributed by atoms with Gasteiger partial charge >= 0.3 is 0 Å². The third kappa shape index (κ3) is 3.01.